The van der Waals surface area contributed by atoms with Crippen LogP contribution >= 0.6 is 0 Å². The summed E-state index contributed by atoms with van der Waals surface area (Å²) in [7, 11) is 0. The van der Waals surface area contributed by atoms with Gasteiger partial charge in [0.15, 0.2) is 0 Å². The molecule has 0 aliphatic rings. The van der Waals surface area contributed by atoms with Crippen LogP contribution in [-0.4, -0.2) is 12.3 Å². The summed E-state index contributed by atoms with van der Waals surface area (Å²) in [6.07, 6.45) is 5.61. The quantitative estimate of drug-likeness (QED) is 0.573. The van der Waals surface area contributed by atoms with E-state index in [0.717, 1.165) is 38.5 Å². The molecule has 0 bridgehead atoms. The first-order chi connectivity index (χ1) is 5.31. The molecule has 11 heavy (non-hydrogen) atoms. The Balaban J connectivity index is 3.09. The van der Waals surface area contributed by atoms with Crippen LogP contribution in [0.4, 0.5) is 0 Å². The third-order valence-electron chi connectivity index (χ3n) is 1.72. The molecule has 0 aliphatic heterocycles. The number of carbonyl (C=O) groups is 1. The second-order valence-corrected chi connectivity index (χ2v) is 2.89. The molecule has 0 amide bonds. The van der Waals surface area contributed by atoms with Gasteiger partial charge in [-0.1, -0.05) is 13.3 Å². The number of nitrogens with two attached hydrogens (primary N) is 1. The summed E-state index contributed by atoms with van der Waals surface area (Å²) in [5.41, 5.74) is 5.30. The molecule has 0 heterocycles. The van der Waals surface area contributed by atoms with Crippen LogP contribution in [0.3, 0.4) is 0 Å². The van der Waals surface area contributed by atoms with Crippen molar-refractivity contribution in [3.8, 4) is 0 Å². The van der Waals surface area contributed by atoms with Crippen molar-refractivity contribution < 1.29 is 4.79 Å². The summed E-state index contributed by atoms with van der Waals surface area (Å²) in [5, 5.41) is 0. The highest BCUT2D eigenvalue weighted by atomic mass is 16.1. The lowest BCUT2D eigenvalue weighted by Crippen LogP contribution is -2.01. The minimum absolute atomic E-state index is 0.403. The monoisotopic (exact) mass is 157 g/mol. The number of hydrogen-bond acceptors (Lipinski definition) is 2. The predicted molar refractivity (Wildman–Crippen MR) is 47.4 cm³/mol. The fourth-order valence-corrected chi connectivity index (χ4v) is 0.965. The predicted octanol–water partition coefficient (Wildman–Crippen LogP) is 1.87. The van der Waals surface area contributed by atoms with Crippen LogP contribution in [0.5, 0.6) is 0 Å². The highest BCUT2D eigenvalue weighted by molar-refractivity contribution is 5.78. The number of Topliss-reactive ketones (excluding diaryl/α,β-unsaturated/α-hetero) is 1. The van der Waals surface area contributed by atoms with Crippen LogP contribution in [-0.2, 0) is 4.79 Å². The summed E-state index contributed by atoms with van der Waals surface area (Å²) in [5.74, 6) is 0.403. The molecule has 0 rings (SSSR count). The van der Waals surface area contributed by atoms with Crippen molar-refractivity contribution in [2.24, 2.45) is 5.73 Å². The standard InChI is InChI=1S/C9H19NO/c1-2-3-6-9(11)7-4-5-8-10/h2-8,10H2,1H3. The third-order valence-corrected chi connectivity index (χ3v) is 1.72. The van der Waals surface area contributed by atoms with Gasteiger partial charge in [-0.25, -0.2) is 0 Å². The molecule has 2 nitrogen and oxygen atoms in total. The first-order valence-corrected chi connectivity index (χ1v) is 4.53. The van der Waals surface area contributed by atoms with Crippen LogP contribution in [0.25, 0.3) is 0 Å². The average molecular weight is 157 g/mol. The lowest BCUT2D eigenvalue weighted by Gasteiger charge is -1.97. The maximum Gasteiger partial charge on any atom is 0.132 e. The molecule has 0 unspecified atom stereocenters. The largest absolute Gasteiger partial charge is 0.330 e. The molecule has 2 heteroatoms. The van der Waals surface area contributed by atoms with Crippen molar-refractivity contribution in [3.63, 3.8) is 0 Å². The van der Waals surface area contributed by atoms with Crippen molar-refractivity contribution >= 4 is 5.78 Å². The Labute approximate surface area is 69.2 Å². The third kappa shape index (κ3) is 7.53. The molecule has 2 N–H and O–H groups in total. The Bertz CT molecular complexity index is 102. The molecule has 0 aromatic carbocycles. The number of rotatable bonds is 7. The topological polar surface area (TPSA) is 43.1 Å². The number of unbranched alkanes of at least 4 members (excludes halogenated alkanes) is 2. The Kier molecular flexibility index (Phi) is 7.47. The lowest BCUT2D eigenvalue weighted by molar-refractivity contribution is -0.119. The molecule has 0 aliphatic carbocycles. The Hall–Kier alpha value is -0.370. The summed E-state index contributed by atoms with van der Waals surface area (Å²) < 4.78 is 0. The fourth-order valence-electron chi connectivity index (χ4n) is 0.965. The van der Waals surface area contributed by atoms with Crippen LogP contribution in [0.2, 0.25) is 0 Å². The molecule has 66 valence electrons. The summed E-state index contributed by atoms with van der Waals surface area (Å²) in [6.45, 7) is 2.81. The first kappa shape index (κ1) is 10.6. The molecule has 0 fully saturated rings. The number of hydrogen-bond donors (Lipinski definition) is 1. The van der Waals surface area contributed by atoms with E-state index in [9.17, 15) is 4.79 Å². The van der Waals surface area contributed by atoms with Crippen LogP contribution in [0.1, 0.15) is 45.4 Å². The van der Waals surface area contributed by atoms with E-state index in [1.807, 2.05) is 0 Å². The zero-order valence-electron chi connectivity index (χ0n) is 7.44. The molecule has 0 atom stereocenters. The van der Waals surface area contributed by atoms with Gasteiger partial charge in [0.05, 0.1) is 0 Å². The van der Waals surface area contributed by atoms with Crippen molar-refractivity contribution in [1.29, 1.82) is 0 Å². The second kappa shape index (κ2) is 7.73. The summed E-state index contributed by atoms with van der Waals surface area (Å²) in [4.78, 5) is 11.0. The van der Waals surface area contributed by atoms with E-state index in [4.69, 9.17) is 5.73 Å². The molecule has 0 spiro atoms. The summed E-state index contributed by atoms with van der Waals surface area (Å²) >= 11 is 0. The van der Waals surface area contributed by atoms with Gasteiger partial charge in [-0.2, -0.15) is 0 Å². The molecular weight excluding hydrogens is 138 g/mol. The zero-order valence-corrected chi connectivity index (χ0v) is 7.44. The zero-order chi connectivity index (χ0) is 8.53. The maximum atomic E-state index is 11.0. The van der Waals surface area contributed by atoms with E-state index in [1.165, 1.54) is 0 Å². The van der Waals surface area contributed by atoms with Gasteiger partial charge in [-0.3, -0.25) is 4.79 Å². The number of carbonyl (C=O) groups excluding carboxylic acids is 1. The SMILES string of the molecule is CCCCC(=O)CCCCN. The molecular formula is C9H19NO. The first-order valence-electron chi connectivity index (χ1n) is 4.53. The fraction of sp³-hybridized carbons (Fsp3) is 0.889. The minimum atomic E-state index is 0.403. The van der Waals surface area contributed by atoms with Gasteiger partial charge in [0, 0.05) is 12.8 Å². The van der Waals surface area contributed by atoms with Crippen LogP contribution in [0, 0.1) is 0 Å². The van der Waals surface area contributed by atoms with E-state index in [0.29, 0.717) is 12.3 Å². The van der Waals surface area contributed by atoms with E-state index >= 15 is 0 Å². The normalized spacial score (nSPS) is 10.0. The van der Waals surface area contributed by atoms with E-state index in [2.05, 4.69) is 6.92 Å². The van der Waals surface area contributed by atoms with Gasteiger partial charge in [-0.15, -0.1) is 0 Å². The van der Waals surface area contributed by atoms with Crippen molar-refractivity contribution in [1.82, 2.24) is 0 Å². The maximum absolute atomic E-state index is 11.0. The Morgan fingerprint density at radius 1 is 1.18 bits per heavy atom. The smallest absolute Gasteiger partial charge is 0.132 e. The lowest BCUT2D eigenvalue weighted by atomic mass is 10.1. The summed E-state index contributed by atoms with van der Waals surface area (Å²) in [6, 6.07) is 0. The van der Waals surface area contributed by atoms with Gasteiger partial charge in [0.1, 0.15) is 5.78 Å². The van der Waals surface area contributed by atoms with Gasteiger partial charge >= 0.3 is 0 Å². The van der Waals surface area contributed by atoms with Gasteiger partial charge in [0.25, 0.3) is 0 Å². The Morgan fingerprint density at radius 3 is 2.36 bits per heavy atom. The minimum Gasteiger partial charge on any atom is -0.330 e. The molecule has 0 saturated carbocycles. The van der Waals surface area contributed by atoms with E-state index < -0.39 is 0 Å². The highest BCUT2D eigenvalue weighted by Crippen LogP contribution is 2.02. The van der Waals surface area contributed by atoms with E-state index in [-0.39, 0.29) is 0 Å². The molecule has 0 aromatic heterocycles. The van der Waals surface area contributed by atoms with Gasteiger partial charge in [-0.05, 0) is 25.8 Å². The molecule has 0 saturated heterocycles. The molecule has 0 aromatic rings. The Morgan fingerprint density at radius 2 is 1.82 bits per heavy atom. The van der Waals surface area contributed by atoms with E-state index in [1.54, 1.807) is 0 Å². The van der Waals surface area contributed by atoms with Crippen molar-refractivity contribution in [3.05, 3.63) is 0 Å². The average Bonchev–Trinajstić information content (AvgIpc) is 2.01. The van der Waals surface area contributed by atoms with Crippen LogP contribution in [0.15, 0.2) is 0 Å². The second-order valence-electron chi connectivity index (χ2n) is 2.89. The van der Waals surface area contributed by atoms with Gasteiger partial charge < -0.3 is 5.73 Å². The van der Waals surface area contributed by atoms with Crippen LogP contribution < -0.4 is 5.73 Å². The number of ketones is 1. The van der Waals surface area contributed by atoms with Crippen molar-refractivity contribution in [2.45, 2.75) is 45.4 Å². The van der Waals surface area contributed by atoms with Crippen molar-refractivity contribution in [2.75, 3.05) is 6.54 Å². The highest BCUT2D eigenvalue weighted by Gasteiger charge is 1.99. The van der Waals surface area contributed by atoms with Gasteiger partial charge in [0.2, 0.25) is 0 Å². The molecule has 0 radical (unpaired) electrons.